The van der Waals surface area contributed by atoms with E-state index in [1.807, 2.05) is 19.9 Å². The summed E-state index contributed by atoms with van der Waals surface area (Å²) in [6.45, 7) is 3.28. The minimum Gasteiger partial charge on any atom is -0.481 e. The first-order chi connectivity index (χ1) is 12.4. The van der Waals surface area contributed by atoms with Crippen LogP contribution >= 0.6 is 11.8 Å². The van der Waals surface area contributed by atoms with Gasteiger partial charge in [-0.25, -0.2) is 20.2 Å². The zero-order chi connectivity index (χ0) is 18.9. The van der Waals surface area contributed by atoms with E-state index in [4.69, 9.17) is 9.84 Å². The van der Waals surface area contributed by atoms with Crippen molar-refractivity contribution in [2.45, 2.75) is 19.0 Å². The van der Waals surface area contributed by atoms with Crippen molar-refractivity contribution in [3.8, 4) is 5.75 Å². The van der Waals surface area contributed by atoms with Crippen LogP contribution in [0.5, 0.6) is 5.75 Å². The number of thioether (sulfide) groups is 1. The molecule has 0 bridgehead atoms. The van der Waals surface area contributed by atoms with Crippen LogP contribution in [0.3, 0.4) is 0 Å². The molecule has 0 aliphatic carbocycles. The normalized spacial score (nSPS) is 10.7. The van der Waals surface area contributed by atoms with E-state index >= 15 is 0 Å². The van der Waals surface area contributed by atoms with E-state index in [9.17, 15) is 9.59 Å². The van der Waals surface area contributed by atoms with Gasteiger partial charge in [0.05, 0.1) is 12.0 Å². The van der Waals surface area contributed by atoms with Crippen LogP contribution in [0.2, 0.25) is 0 Å². The maximum atomic E-state index is 11.9. The van der Waals surface area contributed by atoms with Crippen LogP contribution < -0.4 is 10.2 Å². The lowest BCUT2D eigenvalue weighted by molar-refractivity contribution is -0.139. The number of carboxylic acid groups (broad SMARTS) is 1. The van der Waals surface area contributed by atoms with Crippen LogP contribution in [-0.4, -0.2) is 45.5 Å². The van der Waals surface area contributed by atoms with Gasteiger partial charge in [0.25, 0.3) is 5.91 Å². The summed E-state index contributed by atoms with van der Waals surface area (Å²) in [7, 11) is 0. The largest absolute Gasteiger partial charge is 0.481 e. The fourth-order valence-electron chi connectivity index (χ4n) is 1.95. The van der Waals surface area contributed by atoms with Gasteiger partial charge in [-0.15, -0.1) is 0 Å². The topological polar surface area (TPSA) is 114 Å². The molecule has 0 aliphatic rings. The zero-order valence-corrected chi connectivity index (χ0v) is 15.1. The summed E-state index contributed by atoms with van der Waals surface area (Å²) < 4.78 is 5.16. The number of para-hydroxylation sites is 1. The van der Waals surface area contributed by atoms with Crippen molar-refractivity contribution in [1.29, 1.82) is 0 Å². The summed E-state index contributed by atoms with van der Waals surface area (Å²) in [5, 5.41) is 13.1. The second-order valence-electron chi connectivity index (χ2n) is 5.24. The molecule has 9 heteroatoms. The number of hydrogen-bond acceptors (Lipinski definition) is 7. The molecule has 2 rings (SSSR count). The van der Waals surface area contributed by atoms with Gasteiger partial charge in [0, 0.05) is 17.0 Å². The highest BCUT2D eigenvalue weighted by Crippen LogP contribution is 2.16. The first-order valence-corrected chi connectivity index (χ1v) is 8.63. The number of aryl methyl sites for hydroxylation is 2. The molecule has 1 aromatic heterocycles. The van der Waals surface area contributed by atoms with Crippen molar-refractivity contribution in [2.75, 3.05) is 12.4 Å². The van der Waals surface area contributed by atoms with Crippen molar-refractivity contribution in [2.24, 2.45) is 5.10 Å². The number of carbonyl (C=O) groups is 2. The minimum absolute atomic E-state index is 0.122. The standard InChI is InChI=1S/C17H18N4O4S/c1-11-7-12(2)20-17(19-11)26-10-15(22)21-18-8-13-5-3-4-6-14(13)25-9-16(23)24/h3-8H,9-10H2,1-2H3,(H,21,22)(H,23,24). The lowest BCUT2D eigenvalue weighted by Gasteiger charge is -2.06. The number of benzene rings is 1. The lowest BCUT2D eigenvalue weighted by atomic mass is 10.2. The second kappa shape index (κ2) is 9.52. The molecule has 26 heavy (non-hydrogen) atoms. The van der Waals surface area contributed by atoms with Gasteiger partial charge in [-0.05, 0) is 32.0 Å². The van der Waals surface area contributed by atoms with Crippen LogP contribution in [0.1, 0.15) is 17.0 Å². The Morgan fingerprint density at radius 2 is 1.96 bits per heavy atom. The second-order valence-corrected chi connectivity index (χ2v) is 6.18. The minimum atomic E-state index is -1.07. The van der Waals surface area contributed by atoms with E-state index < -0.39 is 12.6 Å². The summed E-state index contributed by atoms with van der Waals surface area (Å²) in [5.41, 5.74) is 4.65. The Balaban J connectivity index is 1.88. The van der Waals surface area contributed by atoms with Gasteiger partial charge in [-0.1, -0.05) is 23.9 Å². The first-order valence-electron chi connectivity index (χ1n) is 7.64. The quantitative estimate of drug-likeness (QED) is 0.313. The Hall–Kier alpha value is -2.94. The van der Waals surface area contributed by atoms with E-state index in [0.717, 1.165) is 11.4 Å². The number of ether oxygens (including phenoxy) is 1. The molecule has 0 saturated heterocycles. The molecule has 0 unspecified atom stereocenters. The van der Waals surface area contributed by atoms with Crippen LogP contribution in [0.15, 0.2) is 40.6 Å². The number of amides is 1. The van der Waals surface area contributed by atoms with E-state index in [-0.39, 0.29) is 11.7 Å². The van der Waals surface area contributed by atoms with Crippen molar-refractivity contribution in [3.63, 3.8) is 0 Å². The third kappa shape index (κ3) is 6.52. The van der Waals surface area contributed by atoms with Crippen LogP contribution in [0, 0.1) is 13.8 Å². The number of aromatic nitrogens is 2. The van der Waals surface area contributed by atoms with Crippen LogP contribution in [-0.2, 0) is 9.59 Å². The van der Waals surface area contributed by atoms with E-state index in [2.05, 4.69) is 20.5 Å². The van der Waals surface area contributed by atoms with Gasteiger partial charge < -0.3 is 9.84 Å². The summed E-state index contributed by atoms with van der Waals surface area (Å²) in [5.74, 6) is -0.892. The van der Waals surface area contributed by atoms with Gasteiger partial charge >= 0.3 is 5.97 Å². The molecule has 136 valence electrons. The monoisotopic (exact) mass is 374 g/mol. The molecule has 0 atom stereocenters. The third-order valence-electron chi connectivity index (χ3n) is 2.96. The van der Waals surface area contributed by atoms with Gasteiger partial charge in [-0.2, -0.15) is 5.10 Å². The molecule has 2 aromatic rings. The predicted octanol–water partition coefficient (Wildman–Crippen LogP) is 1.80. The van der Waals surface area contributed by atoms with E-state index in [1.165, 1.54) is 18.0 Å². The fourth-order valence-corrected chi connectivity index (χ4v) is 2.69. The smallest absolute Gasteiger partial charge is 0.341 e. The average Bonchev–Trinajstić information content (AvgIpc) is 2.58. The Morgan fingerprint density at radius 1 is 1.27 bits per heavy atom. The molecule has 1 aromatic carbocycles. The number of carboxylic acids is 1. The van der Waals surface area contributed by atoms with Gasteiger partial charge in [0.15, 0.2) is 11.8 Å². The Labute approximate surface area is 154 Å². The Morgan fingerprint density at radius 3 is 2.65 bits per heavy atom. The molecule has 2 N–H and O–H groups in total. The molecular formula is C17H18N4O4S. The summed E-state index contributed by atoms with van der Waals surface area (Å²) in [4.78, 5) is 31.0. The highest BCUT2D eigenvalue weighted by Gasteiger charge is 2.06. The van der Waals surface area contributed by atoms with Gasteiger partial charge in [-0.3, -0.25) is 4.79 Å². The number of aliphatic carboxylic acids is 1. The number of hydrazone groups is 1. The van der Waals surface area contributed by atoms with E-state index in [1.54, 1.807) is 24.3 Å². The van der Waals surface area contributed by atoms with Crippen molar-refractivity contribution in [3.05, 3.63) is 47.3 Å². The summed E-state index contributed by atoms with van der Waals surface area (Å²) in [6, 6.07) is 8.65. The van der Waals surface area contributed by atoms with E-state index in [0.29, 0.717) is 16.5 Å². The Bertz CT molecular complexity index is 806. The maximum absolute atomic E-state index is 11.9. The van der Waals surface area contributed by atoms with Gasteiger partial charge in [0.1, 0.15) is 5.75 Å². The molecule has 0 fully saturated rings. The van der Waals surface area contributed by atoms with Crippen molar-refractivity contribution < 1.29 is 19.4 Å². The predicted molar refractivity (Wildman–Crippen MR) is 97.5 cm³/mol. The Kier molecular flexibility index (Phi) is 7.10. The summed E-state index contributed by atoms with van der Waals surface area (Å²) >= 11 is 1.22. The highest BCUT2D eigenvalue weighted by atomic mass is 32.2. The number of carbonyl (C=O) groups excluding carboxylic acids is 1. The SMILES string of the molecule is Cc1cc(C)nc(SCC(=O)NN=Cc2ccccc2OCC(=O)O)n1. The number of hydrogen-bond donors (Lipinski definition) is 2. The van der Waals surface area contributed by atoms with Crippen LogP contribution in [0.4, 0.5) is 0 Å². The molecule has 1 heterocycles. The number of nitrogens with one attached hydrogen (secondary N) is 1. The van der Waals surface area contributed by atoms with Crippen molar-refractivity contribution in [1.82, 2.24) is 15.4 Å². The molecule has 0 aliphatic heterocycles. The van der Waals surface area contributed by atoms with Crippen LogP contribution in [0.25, 0.3) is 0 Å². The molecule has 0 radical (unpaired) electrons. The fraction of sp³-hybridized carbons (Fsp3) is 0.235. The molecule has 1 amide bonds. The van der Waals surface area contributed by atoms with Crippen molar-refractivity contribution >= 4 is 29.9 Å². The third-order valence-corrected chi connectivity index (χ3v) is 3.80. The molecular weight excluding hydrogens is 356 g/mol. The number of rotatable bonds is 8. The number of nitrogens with zero attached hydrogens (tertiary/aromatic N) is 3. The zero-order valence-electron chi connectivity index (χ0n) is 14.3. The average molecular weight is 374 g/mol. The molecule has 8 nitrogen and oxygen atoms in total. The molecule has 0 spiro atoms. The maximum Gasteiger partial charge on any atom is 0.341 e. The first kappa shape index (κ1) is 19.4. The lowest BCUT2D eigenvalue weighted by Crippen LogP contribution is -2.20. The molecule has 0 saturated carbocycles. The summed E-state index contributed by atoms with van der Waals surface area (Å²) in [6.07, 6.45) is 1.40. The van der Waals surface area contributed by atoms with Gasteiger partial charge in [0.2, 0.25) is 0 Å². The highest BCUT2D eigenvalue weighted by molar-refractivity contribution is 7.99.